The van der Waals surface area contributed by atoms with Crippen molar-refractivity contribution in [2.24, 2.45) is 0 Å². The monoisotopic (exact) mass is 586 g/mol. The molecule has 3 aromatic rings. The Hall–Kier alpha value is -2.28. The van der Waals surface area contributed by atoms with Gasteiger partial charge in [-0.1, -0.05) is 95.1 Å². The van der Waals surface area contributed by atoms with Gasteiger partial charge in [-0.2, -0.15) is 0 Å². The second kappa shape index (κ2) is 14.5. The van der Waals surface area contributed by atoms with Crippen LogP contribution >= 0.6 is 39.3 Å². The van der Waals surface area contributed by atoms with Gasteiger partial charge in [0.15, 0.2) is 0 Å². The van der Waals surface area contributed by atoms with Crippen LogP contribution in [0.2, 0.25) is 5.02 Å². The lowest BCUT2D eigenvalue weighted by molar-refractivity contribution is -0.139. The number of benzene rings is 3. The third-order valence-corrected chi connectivity index (χ3v) is 7.78. The van der Waals surface area contributed by atoms with Crippen molar-refractivity contribution in [2.45, 2.75) is 51.1 Å². The number of rotatable bonds is 12. The van der Waals surface area contributed by atoms with E-state index in [0.717, 1.165) is 27.6 Å². The molecule has 0 bridgehead atoms. The van der Waals surface area contributed by atoms with Gasteiger partial charge in [0.05, 0.1) is 5.75 Å². The first-order valence-corrected chi connectivity index (χ1v) is 14.4. The summed E-state index contributed by atoms with van der Waals surface area (Å²) in [5, 5.41) is 3.80. The SMILES string of the molecule is CC[C@@H](C)NC(=O)[C@H](Cc1ccccc1)N(Cc1cccc(Br)c1)C(=O)CSCc1ccccc1Cl. The Morgan fingerprint density at radius 1 is 1.00 bits per heavy atom. The molecule has 3 rings (SSSR count). The molecule has 3 aromatic carbocycles. The van der Waals surface area contributed by atoms with Gasteiger partial charge in [0.2, 0.25) is 11.8 Å². The van der Waals surface area contributed by atoms with Crippen molar-refractivity contribution in [1.82, 2.24) is 10.2 Å². The van der Waals surface area contributed by atoms with Crippen LogP contribution in [0.3, 0.4) is 0 Å². The summed E-state index contributed by atoms with van der Waals surface area (Å²) in [6.07, 6.45) is 1.26. The quantitative estimate of drug-likeness (QED) is 0.251. The largest absolute Gasteiger partial charge is 0.352 e. The van der Waals surface area contributed by atoms with Crippen LogP contribution in [0, 0.1) is 0 Å². The highest BCUT2D eigenvalue weighted by Crippen LogP contribution is 2.23. The minimum Gasteiger partial charge on any atom is -0.352 e. The summed E-state index contributed by atoms with van der Waals surface area (Å²) in [7, 11) is 0. The molecule has 0 heterocycles. The number of halogens is 2. The zero-order valence-electron chi connectivity index (χ0n) is 20.6. The number of nitrogens with one attached hydrogen (secondary N) is 1. The fraction of sp³-hybridized carbons (Fsp3) is 0.310. The van der Waals surface area contributed by atoms with Crippen molar-refractivity contribution in [3.05, 3.63) is 105 Å². The number of thioether (sulfide) groups is 1. The van der Waals surface area contributed by atoms with Gasteiger partial charge in [0.1, 0.15) is 6.04 Å². The van der Waals surface area contributed by atoms with Crippen molar-refractivity contribution in [3.63, 3.8) is 0 Å². The number of nitrogens with zero attached hydrogens (tertiary/aromatic N) is 1. The first-order valence-electron chi connectivity index (χ1n) is 12.1. The summed E-state index contributed by atoms with van der Waals surface area (Å²) < 4.78 is 0.934. The lowest BCUT2D eigenvalue weighted by Gasteiger charge is -2.32. The van der Waals surface area contributed by atoms with Gasteiger partial charge < -0.3 is 10.2 Å². The number of amides is 2. The average molecular weight is 588 g/mol. The third-order valence-electron chi connectivity index (χ3n) is 5.96. The molecule has 0 saturated carbocycles. The zero-order valence-corrected chi connectivity index (χ0v) is 23.8. The molecule has 0 aliphatic carbocycles. The van der Waals surface area contributed by atoms with Crippen LogP contribution in [-0.4, -0.2) is 34.6 Å². The fourth-order valence-corrected chi connectivity index (χ4v) is 5.42. The van der Waals surface area contributed by atoms with Crippen LogP contribution < -0.4 is 5.32 Å². The van der Waals surface area contributed by atoms with E-state index in [1.165, 1.54) is 11.8 Å². The maximum Gasteiger partial charge on any atom is 0.243 e. The minimum absolute atomic E-state index is 0.0215. The van der Waals surface area contributed by atoms with Crippen molar-refractivity contribution >= 4 is 51.1 Å². The lowest BCUT2D eigenvalue weighted by Crippen LogP contribution is -2.52. The van der Waals surface area contributed by atoms with Crippen LogP contribution in [-0.2, 0) is 28.3 Å². The van der Waals surface area contributed by atoms with Crippen LogP contribution in [0.25, 0.3) is 0 Å². The number of hydrogen-bond donors (Lipinski definition) is 1. The molecule has 7 heteroatoms. The van der Waals surface area contributed by atoms with Gasteiger partial charge in [-0.15, -0.1) is 11.8 Å². The smallest absolute Gasteiger partial charge is 0.243 e. The second-order valence-corrected chi connectivity index (χ2v) is 11.1. The molecule has 2 amide bonds. The highest BCUT2D eigenvalue weighted by Gasteiger charge is 2.31. The molecule has 0 aromatic heterocycles. The van der Waals surface area contributed by atoms with Crippen LogP contribution in [0.1, 0.15) is 37.0 Å². The van der Waals surface area contributed by atoms with Gasteiger partial charge in [-0.05, 0) is 48.2 Å². The van der Waals surface area contributed by atoms with Gasteiger partial charge in [-0.3, -0.25) is 9.59 Å². The zero-order chi connectivity index (χ0) is 25.9. The predicted molar refractivity (Wildman–Crippen MR) is 154 cm³/mol. The molecular formula is C29H32BrClN2O2S. The third kappa shape index (κ3) is 8.68. The maximum absolute atomic E-state index is 13.7. The second-order valence-electron chi connectivity index (χ2n) is 8.76. The average Bonchev–Trinajstić information content (AvgIpc) is 2.87. The van der Waals surface area contributed by atoms with E-state index in [2.05, 4.69) is 21.2 Å². The molecule has 0 aliphatic rings. The molecule has 0 radical (unpaired) electrons. The molecule has 0 fully saturated rings. The lowest BCUT2D eigenvalue weighted by atomic mass is 10.0. The minimum atomic E-state index is -0.631. The summed E-state index contributed by atoms with van der Waals surface area (Å²) >= 11 is 11.3. The molecule has 2 atom stereocenters. The van der Waals surface area contributed by atoms with E-state index < -0.39 is 6.04 Å². The summed E-state index contributed by atoms with van der Waals surface area (Å²) in [6, 6.07) is 24.8. The Labute approximate surface area is 231 Å². The van der Waals surface area contributed by atoms with E-state index in [1.807, 2.05) is 92.7 Å². The van der Waals surface area contributed by atoms with Crippen molar-refractivity contribution in [3.8, 4) is 0 Å². The molecular weight excluding hydrogens is 556 g/mol. The summed E-state index contributed by atoms with van der Waals surface area (Å²) in [5.74, 6) is 0.666. The molecule has 0 unspecified atom stereocenters. The van der Waals surface area contributed by atoms with Gasteiger partial charge in [0.25, 0.3) is 0 Å². The highest BCUT2D eigenvalue weighted by molar-refractivity contribution is 9.10. The highest BCUT2D eigenvalue weighted by atomic mass is 79.9. The van der Waals surface area contributed by atoms with Crippen LogP contribution in [0.4, 0.5) is 0 Å². The molecule has 0 aliphatic heterocycles. The number of carbonyl (C=O) groups excluding carboxylic acids is 2. The van der Waals surface area contributed by atoms with E-state index in [9.17, 15) is 9.59 Å². The molecule has 190 valence electrons. The summed E-state index contributed by atoms with van der Waals surface area (Å²) in [4.78, 5) is 28.9. The van der Waals surface area contributed by atoms with E-state index in [1.54, 1.807) is 4.90 Å². The Balaban J connectivity index is 1.86. The Morgan fingerprint density at radius 2 is 1.69 bits per heavy atom. The van der Waals surface area contributed by atoms with E-state index in [-0.39, 0.29) is 23.6 Å². The molecule has 0 spiro atoms. The molecule has 4 nitrogen and oxygen atoms in total. The summed E-state index contributed by atoms with van der Waals surface area (Å²) in [6.45, 7) is 4.36. The Kier molecular flexibility index (Phi) is 11.4. The first kappa shape index (κ1) is 28.3. The van der Waals surface area contributed by atoms with E-state index >= 15 is 0 Å². The fourth-order valence-electron chi connectivity index (χ4n) is 3.77. The number of hydrogen-bond acceptors (Lipinski definition) is 3. The van der Waals surface area contributed by atoms with Crippen molar-refractivity contribution < 1.29 is 9.59 Å². The Morgan fingerprint density at radius 3 is 2.39 bits per heavy atom. The number of carbonyl (C=O) groups is 2. The predicted octanol–water partition coefficient (Wildman–Crippen LogP) is 6.89. The van der Waals surface area contributed by atoms with Crippen molar-refractivity contribution in [2.75, 3.05) is 5.75 Å². The van der Waals surface area contributed by atoms with Gasteiger partial charge in [-0.25, -0.2) is 0 Å². The Bertz CT molecular complexity index is 1140. The normalized spacial score (nSPS) is 12.6. The topological polar surface area (TPSA) is 49.4 Å². The van der Waals surface area contributed by atoms with Gasteiger partial charge in [0, 0.05) is 34.3 Å². The van der Waals surface area contributed by atoms with Crippen molar-refractivity contribution in [1.29, 1.82) is 0 Å². The van der Waals surface area contributed by atoms with E-state index in [4.69, 9.17) is 11.6 Å². The summed E-state index contributed by atoms with van der Waals surface area (Å²) in [5.41, 5.74) is 2.96. The molecule has 1 N–H and O–H groups in total. The van der Waals surface area contributed by atoms with E-state index in [0.29, 0.717) is 23.7 Å². The molecule has 36 heavy (non-hydrogen) atoms. The van der Waals surface area contributed by atoms with Crippen LogP contribution in [0.15, 0.2) is 83.3 Å². The van der Waals surface area contributed by atoms with Crippen LogP contribution in [0.5, 0.6) is 0 Å². The first-order chi connectivity index (χ1) is 17.4. The van der Waals surface area contributed by atoms with Gasteiger partial charge >= 0.3 is 0 Å². The standard InChI is InChI=1S/C29H32BrClN2O2S/c1-3-21(2)32-29(35)27(17-22-10-5-4-6-11-22)33(18-23-12-9-14-25(30)16-23)28(34)20-36-19-24-13-7-8-15-26(24)31/h4-16,21,27H,3,17-20H2,1-2H3,(H,32,35)/t21-,27+/m1/s1. The maximum atomic E-state index is 13.7. The molecule has 0 saturated heterocycles.